The summed E-state index contributed by atoms with van der Waals surface area (Å²) < 4.78 is 4.98. The highest BCUT2D eigenvalue weighted by atomic mass is 35.5. The molecule has 1 rings (SSSR count). The van der Waals surface area contributed by atoms with E-state index in [0.717, 1.165) is 0 Å². The molecule has 1 unspecified atom stereocenters. The van der Waals surface area contributed by atoms with Crippen LogP contribution in [0.4, 0.5) is 5.69 Å². The van der Waals surface area contributed by atoms with Gasteiger partial charge in [0, 0.05) is 13.7 Å². The molecule has 0 aliphatic heterocycles. The second kappa shape index (κ2) is 6.42. The molecule has 0 aliphatic rings. The molecule has 0 spiro atoms. The van der Waals surface area contributed by atoms with Crippen LogP contribution in [0.3, 0.4) is 0 Å². The Kier molecular flexibility index (Phi) is 5.18. The zero-order valence-corrected chi connectivity index (χ0v) is 10.6. The number of anilines is 1. The van der Waals surface area contributed by atoms with E-state index in [1.807, 2.05) is 6.92 Å². The molecule has 1 aromatic rings. The number of aromatic nitrogens is 1. The number of nitrogens with one attached hydrogen (secondary N) is 1. The van der Waals surface area contributed by atoms with Crippen molar-refractivity contribution in [3.63, 3.8) is 0 Å². The third-order valence-corrected chi connectivity index (χ3v) is 2.42. The SMILES string of the molecule is COCC(C)CNC(=O)c1cc(Cl)ncc1N. The first-order valence-electron chi connectivity index (χ1n) is 5.22. The number of pyridine rings is 1. The number of nitrogens with zero attached hydrogens (tertiary/aromatic N) is 1. The Morgan fingerprint density at radius 3 is 3.06 bits per heavy atom. The van der Waals surface area contributed by atoms with Crippen molar-refractivity contribution in [3.05, 3.63) is 23.0 Å². The summed E-state index contributed by atoms with van der Waals surface area (Å²) in [5.41, 5.74) is 6.30. The van der Waals surface area contributed by atoms with Crippen LogP contribution in [0.5, 0.6) is 0 Å². The Hall–Kier alpha value is -1.33. The van der Waals surface area contributed by atoms with Crippen LogP contribution in [0.2, 0.25) is 5.15 Å². The van der Waals surface area contributed by atoms with Crippen LogP contribution in [0, 0.1) is 5.92 Å². The van der Waals surface area contributed by atoms with E-state index in [1.54, 1.807) is 7.11 Å². The second-order valence-electron chi connectivity index (χ2n) is 3.86. The third kappa shape index (κ3) is 4.20. The molecular formula is C11H16ClN3O2. The minimum atomic E-state index is -0.255. The average molecular weight is 258 g/mol. The summed E-state index contributed by atoms with van der Waals surface area (Å²) >= 11 is 5.71. The number of carbonyl (C=O) groups excluding carboxylic acids is 1. The van der Waals surface area contributed by atoms with Gasteiger partial charge >= 0.3 is 0 Å². The minimum Gasteiger partial charge on any atom is -0.397 e. The number of hydrogen-bond donors (Lipinski definition) is 2. The molecule has 0 bridgehead atoms. The van der Waals surface area contributed by atoms with Crippen LogP contribution in [0.15, 0.2) is 12.3 Å². The van der Waals surface area contributed by atoms with Crippen molar-refractivity contribution < 1.29 is 9.53 Å². The number of amides is 1. The molecule has 0 fully saturated rings. The van der Waals surface area contributed by atoms with Crippen molar-refractivity contribution in [1.82, 2.24) is 10.3 Å². The van der Waals surface area contributed by atoms with Gasteiger partial charge in [-0.05, 0) is 12.0 Å². The highest BCUT2D eigenvalue weighted by molar-refractivity contribution is 6.29. The first-order valence-corrected chi connectivity index (χ1v) is 5.60. The van der Waals surface area contributed by atoms with Crippen molar-refractivity contribution in [2.45, 2.75) is 6.92 Å². The van der Waals surface area contributed by atoms with Gasteiger partial charge in [0.15, 0.2) is 0 Å². The molecule has 0 saturated carbocycles. The fourth-order valence-electron chi connectivity index (χ4n) is 1.34. The van der Waals surface area contributed by atoms with Crippen LogP contribution in [0.1, 0.15) is 17.3 Å². The zero-order chi connectivity index (χ0) is 12.8. The molecule has 94 valence electrons. The van der Waals surface area contributed by atoms with E-state index in [2.05, 4.69) is 10.3 Å². The highest BCUT2D eigenvalue weighted by Gasteiger charge is 2.12. The summed E-state index contributed by atoms with van der Waals surface area (Å²) in [5, 5.41) is 3.01. The standard InChI is InChI=1S/C11H16ClN3O2/c1-7(6-17-2)4-15-11(16)8-3-10(12)14-5-9(8)13/h3,5,7H,4,6,13H2,1-2H3,(H,15,16). The van der Waals surface area contributed by atoms with E-state index in [0.29, 0.717) is 24.4 Å². The van der Waals surface area contributed by atoms with Crippen LogP contribution < -0.4 is 11.1 Å². The fraction of sp³-hybridized carbons (Fsp3) is 0.455. The van der Waals surface area contributed by atoms with E-state index in [9.17, 15) is 4.79 Å². The van der Waals surface area contributed by atoms with Crippen LogP contribution in [-0.4, -0.2) is 31.2 Å². The van der Waals surface area contributed by atoms with Crippen molar-refractivity contribution in [1.29, 1.82) is 0 Å². The number of carbonyl (C=O) groups is 1. The Labute approximate surface area is 105 Å². The average Bonchev–Trinajstić information content (AvgIpc) is 2.29. The number of hydrogen-bond acceptors (Lipinski definition) is 4. The van der Waals surface area contributed by atoms with Crippen molar-refractivity contribution >= 4 is 23.2 Å². The van der Waals surface area contributed by atoms with E-state index in [1.165, 1.54) is 12.3 Å². The number of halogens is 1. The lowest BCUT2D eigenvalue weighted by atomic mass is 10.2. The lowest BCUT2D eigenvalue weighted by Gasteiger charge is -2.12. The molecule has 0 aromatic carbocycles. The summed E-state index contributed by atoms with van der Waals surface area (Å²) in [4.78, 5) is 15.6. The molecule has 0 radical (unpaired) electrons. The van der Waals surface area contributed by atoms with Crippen molar-refractivity contribution in [2.75, 3.05) is 26.0 Å². The van der Waals surface area contributed by atoms with Gasteiger partial charge in [-0.25, -0.2) is 4.98 Å². The van der Waals surface area contributed by atoms with E-state index >= 15 is 0 Å². The number of rotatable bonds is 5. The quantitative estimate of drug-likeness (QED) is 0.780. The molecule has 6 heteroatoms. The smallest absolute Gasteiger partial charge is 0.253 e. The maximum atomic E-state index is 11.8. The molecule has 1 amide bonds. The number of nitrogen functional groups attached to an aromatic ring is 1. The lowest BCUT2D eigenvalue weighted by molar-refractivity contribution is 0.0935. The van der Waals surface area contributed by atoms with E-state index in [4.69, 9.17) is 22.1 Å². The zero-order valence-electron chi connectivity index (χ0n) is 9.87. The van der Waals surface area contributed by atoms with Gasteiger partial charge in [0.2, 0.25) is 0 Å². The van der Waals surface area contributed by atoms with Crippen LogP contribution in [-0.2, 0) is 4.74 Å². The van der Waals surface area contributed by atoms with Gasteiger partial charge in [-0.1, -0.05) is 18.5 Å². The molecule has 0 aliphatic carbocycles. The monoisotopic (exact) mass is 257 g/mol. The van der Waals surface area contributed by atoms with Crippen molar-refractivity contribution in [3.8, 4) is 0 Å². The highest BCUT2D eigenvalue weighted by Crippen LogP contribution is 2.14. The maximum Gasteiger partial charge on any atom is 0.253 e. The Morgan fingerprint density at radius 1 is 1.71 bits per heavy atom. The normalized spacial score (nSPS) is 12.2. The summed E-state index contributed by atoms with van der Waals surface area (Å²) in [5.74, 6) is -0.0164. The maximum absolute atomic E-state index is 11.8. The van der Waals surface area contributed by atoms with Gasteiger partial charge in [-0.2, -0.15) is 0 Å². The number of ether oxygens (including phenoxy) is 1. The van der Waals surface area contributed by atoms with E-state index in [-0.39, 0.29) is 17.0 Å². The Bertz CT molecular complexity index is 398. The topological polar surface area (TPSA) is 77.2 Å². The summed E-state index contributed by atoms with van der Waals surface area (Å²) in [6.45, 7) is 3.09. The largest absolute Gasteiger partial charge is 0.397 e. The fourth-order valence-corrected chi connectivity index (χ4v) is 1.50. The Balaban J connectivity index is 2.61. The second-order valence-corrected chi connectivity index (χ2v) is 4.25. The van der Waals surface area contributed by atoms with Crippen LogP contribution >= 0.6 is 11.6 Å². The molecule has 3 N–H and O–H groups in total. The van der Waals surface area contributed by atoms with Gasteiger partial charge in [-0.3, -0.25) is 4.79 Å². The summed E-state index contributed by atoms with van der Waals surface area (Å²) in [6, 6.07) is 1.45. The number of methoxy groups -OCH3 is 1. The molecule has 1 atom stereocenters. The Morgan fingerprint density at radius 2 is 2.41 bits per heavy atom. The summed E-state index contributed by atoms with van der Waals surface area (Å²) in [6.07, 6.45) is 1.37. The van der Waals surface area contributed by atoms with Gasteiger partial charge < -0.3 is 15.8 Å². The third-order valence-electron chi connectivity index (χ3n) is 2.21. The van der Waals surface area contributed by atoms with E-state index < -0.39 is 0 Å². The van der Waals surface area contributed by atoms with Gasteiger partial charge in [0.1, 0.15) is 5.15 Å². The molecule has 1 heterocycles. The molecular weight excluding hydrogens is 242 g/mol. The molecule has 5 nitrogen and oxygen atoms in total. The van der Waals surface area contributed by atoms with Crippen LogP contribution in [0.25, 0.3) is 0 Å². The predicted octanol–water partition coefficient (Wildman–Crippen LogP) is 1.33. The van der Waals surface area contributed by atoms with Crippen molar-refractivity contribution in [2.24, 2.45) is 5.92 Å². The lowest BCUT2D eigenvalue weighted by Crippen LogP contribution is -2.30. The minimum absolute atomic E-state index is 0.238. The van der Waals surface area contributed by atoms with Gasteiger partial charge in [0.05, 0.1) is 24.1 Å². The molecule has 1 aromatic heterocycles. The molecule has 0 saturated heterocycles. The predicted molar refractivity (Wildman–Crippen MR) is 67.0 cm³/mol. The molecule has 17 heavy (non-hydrogen) atoms. The first kappa shape index (κ1) is 13.7. The summed E-state index contributed by atoms with van der Waals surface area (Å²) in [7, 11) is 1.62. The van der Waals surface area contributed by atoms with Gasteiger partial charge in [-0.15, -0.1) is 0 Å². The first-order chi connectivity index (χ1) is 8.04. The number of nitrogens with two attached hydrogens (primary N) is 1. The van der Waals surface area contributed by atoms with Gasteiger partial charge in [0.25, 0.3) is 5.91 Å².